The third-order valence-electron chi connectivity index (χ3n) is 2.19. The van der Waals surface area contributed by atoms with Crippen molar-refractivity contribution < 1.29 is 0 Å². The number of nitrogens with one attached hydrogen (secondary N) is 1. The molecule has 1 aliphatic carbocycles. The molecule has 0 aromatic carbocycles. The molecule has 56 valence electrons. The van der Waals surface area contributed by atoms with E-state index in [1.807, 2.05) is 6.20 Å². The van der Waals surface area contributed by atoms with Crippen molar-refractivity contribution in [2.75, 3.05) is 0 Å². The Balaban J connectivity index is 2.26. The zero-order valence-corrected chi connectivity index (χ0v) is 6.17. The Morgan fingerprint density at radius 1 is 1.73 bits per heavy atom. The van der Waals surface area contributed by atoms with Crippen molar-refractivity contribution in [3.63, 3.8) is 0 Å². The summed E-state index contributed by atoms with van der Waals surface area (Å²) in [5.41, 5.74) is 2.37. The van der Waals surface area contributed by atoms with E-state index in [1.54, 1.807) is 0 Å². The summed E-state index contributed by atoms with van der Waals surface area (Å²) >= 11 is 0. The van der Waals surface area contributed by atoms with Crippen molar-refractivity contribution in [3.05, 3.63) is 17.5 Å². The van der Waals surface area contributed by atoms with E-state index in [2.05, 4.69) is 16.3 Å². The standard InChI is InChI=1S/C8H9N3/c9-4-6-1-2-8-7(3-6)5-10-11-8/h5-6H,1-3H2,(H,10,11). The van der Waals surface area contributed by atoms with Gasteiger partial charge in [-0.3, -0.25) is 5.10 Å². The zero-order valence-electron chi connectivity index (χ0n) is 6.17. The summed E-state index contributed by atoms with van der Waals surface area (Å²) in [6.07, 6.45) is 4.70. The number of aromatic amines is 1. The molecule has 11 heavy (non-hydrogen) atoms. The SMILES string of the molecule is N#CC1CCc2n[nH]cc2C1. The van der Waals surface area contributed by atoms with Crippen molar-refractivity contribution in [1.82, 2.24) is 10.2 Å². The van der Waals surface area contributed by atoms with Crippen LogP contribution in [0.2, 0.25) is 0 Å². The summed E-state index contributed by atoms with van der Waals surface area (Å²) in [5, 5.41) is 15.6. The molecule has 0 radical (unpaired) electrons. The normalized spacial score (nSPS) is 22.3. The number of hydrogen-bond acceptors (Lipinski definition) is 2. The summed E-state index contributed by atoms with van der Waals surface area (Å²) in [6.45, 7) is 0. The summed E-state index contributed by atoms with van der Waals surface area (Å²) in [4.78, 5) is 0. The summed E-state index contributed by atoms with van der Waals surface area (Å²) in [6, 6.07) is 2.29. The molecule has 0 saturated carbocycles. The molecule has 1 atom stereocenters. The largest absolute Gasteiger partial charge is 0.285 e. The fraction of sp³-hybridized carbons (Fsp3) is 0.500. The number of aryl methyl sites for hydroxylation is 1. The first-order chi connectivity index (χ1) is 5.40. The lowest BCUT2D eigenvalue weighted by Gasteiger charge is -2.13. The zero-order chi connectivity index (χ0) is 7.68. The van der Waals surface area contributed by atoms with Gasteiger partial charge in [-0.05, 0) is 24.8 Å². The molecule has 1 aliphatic rings. The maximum Gasteiger partial charge on any atom is 0.0659 e. The average molecular weight is 147 g/mol. The monoisotopic (exact) mass is 147 g/mol. The number of nitriles is 1. The highest BCUT2D eigenvalue weighted by molar-refractivity contribution is 5.21. The Labute approximate surface area is 65.0 Å². The van der Waals surface area contributed by atoms with E-state index >= 15 is 0 Å². The van der Waals surface area contributed by atoms with Crippen LogP contribution in [-0.2, 0) is 12.8 Å². The van der Waals surface area contributed by atoms with Crippen LogP contribution in [-0.4, -0.2) is 10.2 Å². The summed E-state index contributed by atoms with van der Waals surface area (Å²) < 4.78 is 0. The highest BCUT2D eigenvalue weighted by Gasteiger charge is 2.19. The minimum absolute atomic E-state index is 0.208. The van der Waals surface area contributed by atoms with Crippen LogP contribution < -0.4 is 0 Å². The second-order valence-corrected chi connectivity index (χ2v) is 2.93. The van der Waals surface area contributed by atoms with Gasteiger partial charge in [-0.2, -0.15) is 10.4 Å². The predicted octanol–water partition coefficient (Wildman–Crippen LogP) is 1.04. The van der Waals surface area contributed by atoms with Gasteiger partial charge in [0.15, 0.2) is 0 Å². The van der Waals surface area contributed by atoms with Crippen LogP contribution in [0.15, 0.2) is 6.20 Å². The Bertz CT molecular complexity index is 295. The second-order valence-electron chi connectivity index (χ2n) is 2.93. The van der Waals surface area contributed by atoms with Crippen LogP contribution in [0.25, 0.3) is 0 Å². The van der Waals surface area contributed by atoms with E-state index in [4.69, 9.17) is 5.26 Å². The molecule has 3 nitrogen and oxygen atoms in total. The van der Waals surface area contributed by atoms with Crippen LogP contribution >= 0.6 is 0 Å². The third-order valence-corrected chi connectivity index (χ3v) is 2.19. The lowest BCUT2D eigenvalue weighted by atomic mass is 9.89. The molecule has 1 heterocycles. The van der Waals surface area contributed by atoms with Crippen LogP contribution in [0.1, 0.15) is 17.7 Å². The molecule has 0 amide bonds. The molecular weight excluding hydrogens is 138 g/mol. The van der Waals surface area contributed by atoms with Crippen molar-refractivity contribution in [1.29, 1.82) is 5.26 Å². The van der Waals surface area contributed by atoms with E-state index in [0.29, 0.717) is 0 Å². The molecule has 1 aromatic heterocycles. The van der Waals surface area contributed by atoms with Gasteiger partial charge in [0.25, 0.3) is 0 Å². The Kier molecular flexibility index (Phi) is 1.39. The van der Waals surface area contributed by atoms with Gasteiger partial charge in [0.05, 0.1) is 17.7 Å². The number of aromatic nitrogens is 2. The van der Waals surface area contributed by atoms with Crippen LogP contribution in [0.4, 0.5) is 0 Å². The minimum atomic E-state index is 0.208. The maximum atomic E-state index is 8.67. The first-order valence-electron chi connectivity index (χ1n) is 3.81. The van der Waals surface area contributed by atoms with Crippen molar-refractivity contribution in [2.45, 2.75) is 19.3 Å². The second kappa shape index (κ2) is 2.39. The molecular formula is C8H9N3. The smallest absolute Gasteiger partial charge is 0.0659 e. The molecule has 0 fully saturated rings. The predicted molar refractivity (Wildman–Crippen MR) is 39.7 cm³/mol. The summed E-state index contributed by atoms with van der Waals surface area (Å²) in [7, 11) is 0. The first kappa shape index (κ1) is 6.41. The van der Waals surface area contributed by atoms with Gasteiger partial charge in [-0.15, -0.1) is 0 Å². The number of hydrogen-bond donors (Lipinski definition) is 1. The van der Waals surface area contributed by atoms with Crippen LogP contribution in [0, 0.1) is 17.2 Å². The van der Waals surface area contributed by atoms with E-state index in [1.165, 1.54) is 5.56 Å². The third kappa shape index (κ3) is 1.01. The number of H-pyrrole nitrogens is 1. The Morgan fingerprint density at radius 3 is 3.45 bits per heavy atom. The van der Waals surface area contributed by atoms with Crippen molar-refractivity contribution in [2.24, 2.45) is 5.92 Å². The van der Waals surface area contributed by atoms with E-state index < -0.39 is 0 Å². The molecule has 1 unspecified atom stereocenters. The van der Waals surface area contributed by atoms with Crippen LogP contribution in [0.3, 0.4) is 0 Å². The van der Waals surface area contributed by atoms with Gasteiger partial charge >= 0.3 is 0 Å². The van der Waals surface area contributed by atoms with Crippen LogP contribution in [0.5, 0.6) is 0 Å². The quantitative estimate of drug-likeness (QED) is 0.596. The van der Waals surface area contributed by atoms with Gasteiger partial charge in [-0.25, -0.2) is 0 Å². The fourth-order valence-corrected chi connectivity index (χ4v) is 1.53. The van der Waals surface area contributed by atoms with Crippen molar-refractivity contribution >= 4 is 0 Å². The van der Waals surface area contributed by atoms with E-state index in [9.17, 15) is 0 Å². The van der Waals surface area contributed by atoms with Crippen molar-refractivity contribution in [3.8, 4) is 6.07 Å². The molecule has 0 bridgehead atoms. The average Bonchev–Trinajstić information content (AvgIpc) is 2.50. The van der Waals surface area contributed by atoms with Gasteiger partial charge in [0.1, 0.15) is 0 Å². The minimum Gasteiger partial charge on any atom is -0.285 e. The molecule has 2 rings (SSSR count). The molecule has 0 spiro atoms. The van der Waals surface area contributed by atoms with E-state index in [0.717, 1.165) is 25.0 Å². The summed E-state index contributed by atoms with van der Waals surface area (Å²) in [5.74, 6) is 0.208. The Hall–Kier alpha value is -1.30. The van der Waals surface area contributed by atoms with E-state index in [-0.39, 0.29) is 5.92 Å². The Morgan fingerprint density at radius 2 is 2.64 bits per heavy atom. The molecule has 3 heteroatoms. The molecule has 0 aliphatic heterocycles. The highest BCUT2D eigenvalue weighted by atomic mass is 15.1. The first-order valence-corrected chi connectivity index (χ1v) is 3.81. The van der Waals surface area contributed by atoms with Gasteiger partial charge in [0, 0.05) is 6.20 Å². The molecule has 0 saturated heterocycles. The number of rotatable bonds is 0. The number of nitrogens with zero attached hydrogens (tertiary/aromatic N) is 2. The lowest BCUT2D eigenvalue weighted by molar-refractivity contribution is 0.559. The highest BCUT2D eigenvalue weighted by Crippen LogP contribution is 2.22. The lowest BCUT2D eigenvalue weighted by Crippen LogP contribution is -2.11. The van der Waals surface area contributed by atoms with Gasteiger partial charge < -0.3 is 0 Å². The topological polar surface area (TPSA) is 52.5 Å². The fourth-order valence-electron chi connectivity index (χ4n) is 1.53. The molecule has 1 N–H and O–H groups in total. The maximum absolute atomic E-state index is 8.67. The molecule has 1 aromatic rings. The van der Waals surface area contributed by atoms with Gasteiger partial charge in [-0.1, -0.05) is 0 Å². The van der Waals surface area contributed by atoms with Gasteiger partial charge in [0.2, 0.25) is 0 Å². The number of fused-ring (bicyclic) bond motifs is 1.